The number of pyridine rings is 1. The number of para-hydroxylation sites is 1. The van der Waals surface area contributed by atoms with Gasteiger partial charge in [0.2, 0.25) is 0 Å². The van der Waals surface area contributed by atoms with Gasteiger partial charge in [0.1, 0.15) is 0 Å². The molecule has 0 unspecified atom stereocenters. The molecule has 0 aliphatic rings. The van der Waals surface area contributed by atoms with Crippen LogP contribution in [0.2, 0.25) is 0 Å². The number of rotatable bonds is 4. The Morgan fingerprint density at radius 1 is 1.00 bits per heavy atom. The first-order valence-corrected chi connectivity index (χ1v) is 7.33. The SMILES string of the molecule is CCCCNc1cccc2nc3ccccc3c(C)c12. The van der Waals surface area contributed by atoms with Crippen LogP contribution in [0.25, 0.3) is 21.8 Å². The first-order valence-electron chi connectivity index (χ1n) is 7.33. The highest BCUT2D eigenvalue weighted by atomic mass is 14.9. The minimum absolute atomic E-state index is 1.02. The lowest BCUT2D eigenvalue weighted by Crippen LogP contribution is -2.02. The average Bonchev–Trinajstić information content (AvgIpc) is 2.48. The van der Waals surface area contributed by atoms with Crippen LogP contribution >= 0.6 is 0 Å². The van der Waals surface area contributed by atoms with E-state index in [1.807, 2.05) is 6.07 Å². The average molecular weight is 264 g/mol. The number of anilines is 1. The van der Waals surface area contributed by atoms with Gasteiger partial charge >= 0.3 is 0 Å². The van der Waals surface area contributed by atoms with E-state index in [-0.39, 0.29) is 0 Å². The van der Waals surface area contributed by atoms with Crippen LogP contribution in [0.15, 0.2) is 42.5 Å². The fourth-order valence-electron chi connectivity index (χ4n) is 2.73. The number of unbranched alkanes of at least 4 members (excludes halogenated alkanes) is 1. The van der Waals surface area contributed by atoms with Crippen LogP contribution in [0.4, 0.5) is 5.69 Å². The van der Waals surface area contributed by atoms with Gasteiger partial charge in [-0.2, -0.15) is 0 Å². The number of nitrogens with one attached hydrogen (secondary N) is 1. The Hall–Kier alpha value is -2.09. The van der Waals surface area contributed by atoms with Crippen LogP contribution in [0.3, 0.4) is 0 Å². The Balaban J connectivity index is 2.19. The second-order valence-electron chi connectivity index (χ2n) is 5.23. The van der Waals surface area contributed by atoms with Gasteiger partial charge in [0, 0.05) is 23.0 Å². The van der Waals surface area contributed by atoms with Crippen molar-refractivity contribution in [2.24, 2.45) is 0 Å². The van der Waals surface area contributed by atoms with Crippen LogP contribution in [0.1, 0.15) is 25.3 Å². The lowest BCUT2D eigenvalue weighted by molar-refractivity contribution is 0.835. The molecule has 0 atom stereocenters. The molecule has 0 radical (unpaired) electrons. The van der Waals surface area contributed by atoms with Crippen molar-refractivity contribution >= 4 is 27.5 Å². The summed E-state index contributed by atoms with van der Waals surface area (Å²) in [5.41, 5.74) is 4.66. The number of benzene rings is 2. The maximum atomic E-state index is 4.79. The van der Waals surface area contributed by atoms with Gasteiger partial charge in [0.25, 0.3) is 0 Å². The normalized spacial score (nSPS) is 11.1. The van der Waals surface area contributed by atoms with E-state index in [0.29, 0.717) is 0 Å². The van der Waals surface area contributed by atoms with Crippen LogP contribution in [0.5, 0.6) is 0 Å². The molecule has 2 nitrogen and oxygen atoms in total. The van der Waals surface area contributed by atoms with Crippen molar-refractivity contribution in [3.8, 4) is 0 Å². The van der Waals surface area contributed by atoms with Crippen molar-refractivity contribution in [2.75, 3.05) is 11.9 Å². The summed E-state index contributed by atoms with van der Waals surface area (Å²) in [6, 6.07) is 14.7. The molecule has 0 aliphatic carbocycles. The van der Waals surface area contributed by atoms with Crippen LogP contribution < -0.4 is 5.32 Å². The Bertz CT molecular complexity index is 747. The summed E-state index contributed by atoms with van der Waals surface area (Å²) in [6.45, 7) is 5.42. The van der Waals surface area contributed by atoms with E-state index in [2.05, 4.69) is 55.6 Å². The highest BCUT2D eigenvalue weighted by Crippen LogP contribution is 2.30. The molecule has 0 amide bonds. The molecule has 1 heterocycles. The second-order valence-corrected chi connectivity index (χ2v) is 5.23. The minimum Gasteiger partial charge on any atom is -0.384 e. The Kier molecular flexibility index (Phi) is 3.55. The van der Waals surface area contributed by atoms with Crippen molar-refractivity contribution in [2.45, 2.75) is 26.7 Å². The molecule has 102 valence electrons. The molecule has 0 spiro atoms. The molecular weight excluding hydrogens is 244 g/mol. The molecule has 0 bridgehead atoms. The van der Waals surface area contributed by atoms with Gasteiger partial charge in [-0.15, -0.1) is 0 Å². The number of hydrogen-bond donors (Lipinski definition) is 1. The van der Waals surface area contributed by atoms with Gasteiger partial charge in [-0.1, -0.05) is 37.6 Å². The number of hydrogen-bond acceptors (Lipinski definition) is 2. The fourth-order valence-corrected chi connectivity index (χ4v) is 2.73. The van der Waals surface area contributed by atoms with Gasteiger partial charge in [-0.3, -0.25) is 0 Å². The molecule has 3 rings (SSSR count). The molecular formula is C18H20N2. The predicted octanol–water partition coefficient (Wildman–Crippen LogP) is 4.91. The molecule has 0 saturated carbocycles. The molecule has 3 aromatic rings. The van der Waals surface area contributed by atoms with E-state index in [4.69, 9.17) is 4.98 Å². The first-order chi connectivity index (χ1) is 9.81. The van der Waals surface area contributed by atoms with Crippen LogP contribution in [0, 0.1) is 6.92 Å². The zero-order valence-corrected chi connectivity index (χ0v) is 12.1. The molecule has 0 saturated heterocycles. The number of fused-ring (bicyclic) bond motifs is 2. The Morgan fingerprint density at radius 3 is 2.65 bits per heavy atom. The lowest BCUT2D eigenvalue weighted by Gasteiger charge is -2.13. The summed E-state index contributed by atoms with van der Waals surface area (Å²) < 4.78 is 0. The standard InChI is InChI=1S/C18H20N2/c1-3-4-12-19-16-10-7-11-17-18(16)13(2)14-8-5-6-9-15(14)20-17/h5-11,19H,3-4,12H2,1-2H3. The van der Waals surface area contributed by atoms with Gasteiger partial charge < -0.3 is 5.32 Å². The lowest BCUT2D eigenvalue weighted by atomic mass is 10.0. The van der Waals surface area contributed by atoms with Gasteiger partial charge in [0.05, 0.1) is 11.0 Å². The van der Waals surface area contributed by atoms with Crippen molar-refractivity contribution < 1.29 is 0 Å². The van der Waals surface area contributed by atoms with Crippen molar-refractivity contribution in [1.82, 2.24) is 4.98 Å². The quantitative estimate of drug-likeness (QED) is 0.535. The zero-order valence-electron chi connectivity index (χ0n) is 12.1. The third-order valence-corrected chi connectivity index (χ3v) is 3.81. The Morgan fingerprint density at radius 2 is 1.80 bits per heavy atom. The fraction of sp³-hybridized carbons (Fsp3) is 0.278. The van der Waals surface area contributed by atoms with E-state index >= 15 is 0 Å². The summed E-state index contributed by atoms with van der Waals surface area (Å²) in [4.78, 5) is 4.79. The third kappa shape index (κ3) is 2.22. The molecule has 1 aromatic heterocycles. The minimum atomic E-state index is 1.02. The monoisotopic (exact) mass is 264 g/mol. The molecule has 2 heteroatoms. The highest BCUT2D eigenvalue weighted by Gasteiger charge is 2.08. The summed E-state index contributed by atoms with van der Waals surface area (Å²) in [5.74, 6) is 0. The van der Waals surface area contributed by atoms with E-state index in [1.165, 1.54) is 34.9 Å². The van der Waals surface area contributed by atoms with Gasteiger partial charge in [0.15, 0.2) is 0 Å². The van der Waals surface area contributed by atoms with Crippen molar-refractivity contribution in [3.05, 3.63) is 48.0 Å². The Labute approximate surface area is 119 Å². The van der Waals surface area contributed by atoms with E-state index < -0.39 is 0 Å². The molecule has 2 aromatic carbocycles. The molecule has 20 heavy (non-hydrogen) atoms. The second kappa shape index (κ2) is 5.49. The van der Waals surface area contributed by atoms with Crippen molar-refractivity contribution in [3.63, 3.8) is 0 Å². The van der Waals surface area contributed by atoms with Crippen molar-refractivity contribution in [1.29, 1.82) is 0 Å². The third-order valence-electron chi connectivity index (χ3n) is 3.81. The topological polar surface area (TPSA) is 24.9 Å². The molecule has 1 N–H and O–H groups in total. The maximum Gasteiger partial charge on any atom is 0.0733 e. The van der Waals surface area contributed by atoms with Crippen LogP contribution in [-0.2, 0) is 0 Å². The molecule has 0 fully saturated rings. The highest BCUT2D eigenvalue weighted by molar-refractivity contribution is 6.03. The summed E-state index contributed by atoms with van der Waals surface area (Å²) in [6.07, 6.45) is 2.40. The van der Waals surface area contributed by atoms with Gasteiger partial charge in [-0.05, 0) is 37.1 Å². The van der Waals surface area contributed by atoms with E-state index in [9.17, 15) is 0 Å². The number of aryl methyl sites for hydroxylation is 1. The zero-order chi connectivity index (χ0) is 13.9. The summed E-state index contributed by atoms with van der Waals surface area (Å²) in [5, 5.41) is 6.05. The largest absolute Gasteiger partial charge is 0.384 e. The van der Waals surface area contributed by atoms with Crippen LogP contribution in [-0.4, -0.2) is 11.5 Å². The van der Waals surface area contributed by atoms with E-state index in [0.717, 1.165) is 17.6 Å². The molecule has 0 aliphatic heterocycles. The van der Waals surface area contributed by atoms with Gasteiger partial charge in [-0.25, -0.2) is 4.98 Å². The summed E-state index contributed by atoms with van der Waals surface area (Å²) in [7, 11) is 0. The number of nitrogens with zero attached hydrogens (tertiary/aromatic N) is 1. The first kappa shape index (κ1) is 12.9. The maximum absolute atomic E-state index is 4.79. The smallest absolute Gasteiger partial charge is 0.0733 e. The number of aromatic nitrogens is 1. The van der Waals surface area contributed by atoms with E-state index in [1.54, 1.807) is 0 Å². The predicted molar refractivity (Wildman–Crippen MR) is 87.4 cm³/mol. The summed E-state index contributed by atoms with van der Waals surface area (Å²) >= 11 is 0.